The lowest BCUT2D eigenvalue weighted by Gasteiger charge is -2.42. The van der Waals surface area contributed by atoms with Gasteiger partial charge in [0.05, 0.1) is 18.9 Å². The molecule has 2 atom stereocenters. The number of piperidine rings is 1. The Balaban J connectivity index is 1.74. The van der Waals surface area contributed by atoms with E-state index in [9.17, 15) is 10.2 Å². The van der Waals surface area contributed by atoms with Crippen LogP contribution in [0.4, 0.5) is 0 Å². The van der Waals surface area contributed by atoms with E-state index in [1.807, 2.05) is 50.4 Å². The Hall–Kier alpha value is -1.95. The van der Waals surface area contributed by atoms with E-state index in [0.29, 0.717) is 26.1 Å². The zero-order valence-electron chi connectivity index (χ0n) is 15.1. The van der Waals surface area contributed by atoms with E-state index in [0.717, 1.165) is 28.1 Å². The molecule has 0 spiro atoms. The molecule has 2 N–H and O–H groups in total. The van der Waals surface area contributed by atoms with Gasteiger partial charge >= 0.3 is 0 Å². The van der Waals surface area contributed by atoms with Crippen molar-refractivity contribution in [1.82, 2.24) is 9.88 Å². The molecule has 1 aromatic carbocycles. The Labute approximate surface area is 148 Å². The normalized spacial score (nSPS) is 24.3. The van der Waals surface area contributed by atoms with Crippen LogP contribution in [-0.2, 0) is 12.1 Å². The van der Waals surface area contributed by atoms with Crippen LogP contribution in [0.1, 0.15) is 28.8 Å². The molecular weight excluding hydrogens is 316 g/mol. The number of hydrogen-bond donors (Lipinski definition) is 2. The molecule has 0 amide bonds. The van der Waals surface area contributed by atoms with E-state index in [4.69, 9.17) is 4.74 Å². The first-order valence-electron chi connectivity index (χ1n) is 8.63. The average Bonchev–Trinajstić information content (AvgIpc) is 2.62. The first kappa shape index (κ1) is 17.9. The van der Waals surface area contributed by atoms with Crippen LogP contribution in [0, 0.1) is 13.8 Å². The molecule has 2 heterocycles. The smallest absolute Gasteiger partial charge is 0.128 e. The van der Waals surface area contributed by atoms with Gasteiger partial charge in [0.15, 0.2) is 0 Å². The predicted octanol–water partition coefficient (Wildman–Crippen LogP) is 2.16. The van der Waals surface area contributed by atoms with E-state index in [1.54, 1.807) is 7.11 Å². The Morgan fingerprint density at radius 1 is 1.28 bits per heavy atom. The number of rotatable bonds is 4. The molecule has 0 radical (unpaired) electrons. The van der Waals surface area contributed by atoms with Crippen LogP contribution in [0.3, 0.4) is 0 Å². The van der Waals surface area contributed by atoms with Gasteiger partial charge in [0.25, 0.3) is 0 Å². The van der Waals surface area contributed by atoms with Crippen molar-refractivity contribution in [3.05, 3.63) is 58.9 Å². The molecule has 0 unspecified atom stereocenters. The molecular formula is C20H26N2O3. The summed E-state index contributed by atoms with van der Waals surface area (Å²) in [7, 11) is 1.67. The number of methoxy groups -OCH3 is 1. The molecule has 134 valence electrons. The van der Waals surface area contributed by atoms with Gasteiger partial charge in [0.1, 0.15) is 11.4 Å². The number of aliphatic hydroxyl groups is 2. The second-order valence-electron chi connectivity index (χ2n) is 6.84. The third-order valence-corrected chi connectivity index (χ3v) is 5.19. The molecule has 0 bridgehead atoms. The molecule has 3 rings (SSSR count). The van der Waals surface area contributed by atoms with Crippen molar-refractivity contribution in [3.63, 3.8) is 0 Å². The fourth-order valence-corrected chi connectivity index (χ4v) is 3.63. The highest BCUT2D eigenvalue weighted by molar-refractivity contribution is 5.41. The second-order valence-corrected chi connectivity index (χ2v) is 6.84. The van der Waals surface area contributed by atoms with Crippen LogP contribution >= 0.6 is 0 Å². The summed E-state index contributed by atoms with van der Waals surface area (Å²) in [5, 5.41) is 21.6. The Bertz CT molecular complexity index is 735. The SMILES string of the molecule is COc1c(C)cnc(CN2CC[C@](O)(c3ccccc3)[C@@H](O)C2)c1C. The molecule has 25 heavy (non-hydrogen) atoms. The number of β-amino-alcohol motifs (C(OH)–C–C–N with tert-alkyl or cyclic N) is 1. The molecule has 1 aromatic heterocycles. The molecule has 1 aliphatic rings. The van der Waals surface area contributed by atoms with Crippen LogP contribution in [0.25, 0.3) is 0 Å². The molecule has 5 nitrogen and oxygen atoms in total. The highest BCUT2D eigenvalue weighted by Crippen LogP contribution is 2.34. The fraction of sp³-hybridized carbons (Fsp3) is 0.450. The summed E-state index contributed by atoms with van der Waals surface area (Å²) in [6, 6.07) is 9.43. The summed E-state index contributed by atoms with van der Waals surface area (Å²) in [5.74, 6) is 0.864. The first-order valence-corrected chi connectivity index (χ1v) is 8.63. The summed E-state index contributed by atoms with van der Waals surface area (Å²) in [6.45, 7) is 5.72. The Morgan fingerprint density at radius 2 is 2.00 bits per heavy atom. The molecule has 1 fully saturated rings. The summed E-state index contributed by atoms with van der Waals surface area (Å²) in [6.07, 6.45) is 1.47. The van der Waals surface area contributed by atoms with Crippen LogP contribution in [-0.4, -0.2) is 46.4 Å². The summed E-state index contributed by atoms with van der Waals surface area (Å²) in [4.78, 5) is 6.67. The number of benzene rings is 1. The number of aryl methyl sites for hydroxylation is 1. The lowest BCUT2D eigenvalue weighted by Crippen LogP contribution is -2.53. The number of hydrogen-bond acceptors (Lipinski definition) is 5. The zero-order valence-corrected chi connectivity index (χ0v) is 15.1. The minimum Gasteiger partial charge on any atom is -0.496 e. The topological polar surface area (TPSA) is 65.8 Å². The molecule has 2 aromatic rings. The highest BCUT2D eigenvalue weighted by atomic mass is 16.5. The lowest BCUT2D eigenvalue weighted by molar-refractivity contribution is -0.126. The van der Waals surface area contributed by atoms with Crippen molar-refractivity contribution in [2.24, 2.45) is 0 Å². The first-order chi connectivity index (χ1) is 12.0. The summed E-state index contributed by atoms with van der Waals surface area (Å²) >= 11 is 0. The number of aliphatic hydroxyl groups excluding tert-OH is 1. The van der Waals surface area contributed by atoms with Crippen molar-refractivity contribution in [3.8, 4) is 5.75 Å². The molecule has 1 aliphatic heterocycles. The zero-order chi connectivity index (χ0) is 18.0. The third kappa shape index (κ3) is 3.40. The maximum atomic E-state index is 11.0. The monoisotopic (exact) mass is 342 g/mol. The van der Waals surface area contributed by atoms with Crippen LogP contribution in [0.5, 0.6) is 5.75 Å². The minimum absolute atomic E-state index is 0.405. The van der Waals surface area contributed by atoms with E-state index >= 15 is 0 Å². The molecule has 5 heteroatoms. The maximum Gasteiger partial charge on any atom is 0.128 e. The van der Waals surface area contributed by atoms with Crippen LogP contribution in [0.15, 0.2) is 36.5 Å². The van der Waals surface area contributed by atoms with Gasteiger partial charge in [-0.05, 0) is 25.8 Å². The largest absolute Gasteiger partial charge is 0.496 e. The van der Waals surface area contributed by atoms with Gasteiger partial charge in [0.2, 0.25) is 0 Å². The van der Waals surface area contributed by atoms with E-state index in [-0.39, 0.29) is 0 Å². The summed E-state index contributed by atoms with van der Waals surface area (Å²) in [5.41, 5.74) is 2.57. The van der Waals surface area contributed by atoms with Crippen LogP contribution < -0.4 is 4.74 Å². The van der Waals surface area contributed by atoms with Crippen molar-refractivity contribution < 1.29 is 14.9 Å². The maximum absolute atomic E-state index is 11.0. The second kappa shape index (κ2) is 7.12. The van der Waals surface area contributed by atoms with Crippen molar-refractivity contribution in [2.45, 2.75) is 38.5 Å². The van der Waals surface area contributed by atoms with Gasteiger partial charge in [-0.1, -0.05) is 30.3 Å². The Morgan fingerprint density at radius 3 is 2.64 bits per heavy atom. The number of aromatic nitrogens is 1. The lowest BCUT2D eigenvalue weighted by atomic mass is 9.82. The van der Waals surface area contributed by atoms with Gasteiger partial charge in [0, 0.05) is 37.0 Å². The van der Waals surface area contributed by atoms with Gasteiger partial charge in [-0.15, -0.1) is 0 Å². The van der Waals surface area contributed by atoms with Gasteiger partial charge in [-0.3, -0.25) is 9.88 Å². The molecule has 0 aliphatic carbocycles. The summed E-state index contributed by atoms with van der Waals surface area (Å²) < 4.78 is 5.47. The van der Waals surface area contributed by atoms with E-state index < -0.39 is 11.7 Å². The van der Waals surface area contributed by atoms with Crippen molar-refractivity contribution in [2.75, 3.05) is 20.2 Å². The van der Waals surface area contributed by atoms with Gasteiger partial charge < -0.3 is 14.9 Å². The van der Waals surface area contributed by atoms with Gasteiger partial charge in [-0.25, -0.2) is 0 Å². The molecule has 0 saturated carbocycles. The fourth-order valence-electron chi connectivity index (χ4n) is 3.63. The van der Waals surface area contributed by atoms with Crippen molar-refractivity contribution >= 4 is 0 Å². The standard InChI is InChI=1S/C20H26N2O3/c1-14-11-21-17(15(2)19(14)25-3)12-22-10-9-20(24,18(23)13-22)16-7-5-4-6-8-16/h4-8,11,18,23-24H,9-10,12-13H2,1-3H3/t18-,20-/m0/s1. The number of ether oxygens (including phenoxy) is 1. The number of pyridine rings is 1. The number of nitrogens with zero attached hydrogens (tertiary/aromatic N) is 2. The highest BCUT2D eigenvalue weighted by Gasteiger charge is 2.42. The Kier molecular flexibility index (Phi) is 5.08. The predicted molar refractivity (Wildman–Crippen MR) is 96.5 cm³/mol. The average molecular weight is 342 g/mol. The van der Waals surface area contributed by atoms with Crippen LogP contribution in [0.2, 0.25) is 0 Å². The van der Waals surface area contributed by atoms with E-state index in [2.05, 4.69) is 9.88 Å². The third-order valence-electron chi connectivity index (χ3n) is 5.19. The quantitative estimate of drug-likeness (QED) is 0.891. The number of likely N-dealkylation sites (tertiary alicyclic amines) is 1. The van der Waals surface area contributed by atoms with E-state index in [1.165, 1.54) is 0 Å². The van der Waals surface area contributed by atoms with Gasteiger partial charge in [-0.2, -0.15) is 0 Å². The van der Waals surface area contributed by atoms with Crippen molar-refractivity contribution in [1.29, 1.82) is 0 Å². The molecule has 1 saturated heterocycles. The minimum atomic E-state index is -1.19.